The molecule has 0 aromatic rings. The molecule has 0 radical (unpaired) electrons. The second-order valence-corrected chi connectivity index (χ2v) is 11.1. The molecule has 0 aliphatic rings. The molecule has 0 aromatic heterocycles. The highest BCUT2D eigenvalue weighted by atomic mass is 28.4. The summed E-state index contributed by atoms with van der Waals surface area (Å²) in [6.07, 6.45) is 2.24. The summed E-state index contributed by atoms with van der Waals surface area (Å²) < 4.78 is 6.29. The third-order valence-electron chi connectivity index (χ3n) is 3.96. The van der Waals surface area contributed by atoms with Gasteiger partial charge in [0.2, 0.25) is 0 Å². The molecule has 17 heavy (non-hydrogen) atoms. The Kier molecular flexibility index (Phi) is 6.12. The Balaban J connectivity index is 4.72. The van der Waals surface area contributed by atoms with E-state index in [1.54, 1.807) is 0 Å². The molecule has 0 amide bonds. The molecular formula is C14H30O2Si. The molecule has 0 aromatic carbocycles. The second-order valence-electron chi connectivity index (χ2n) is 6.37. The molecule has 0 aliphatic heterocycles. The van der Waals surface area contributed by atoms with Gasteiger partial charge in [-0.2, -0.15) is 0 Å². The lowest BCUT2D eigenvalue weighted by atomic mass is 9.95. The summed E-state index contributed by atoms with van der Waals surface area (Å²) in [5, 5.41) is 10.2. The van der Waals surface area contributed by atoms with Gasteiger partial charge >= 0.3 is 0 Å². The van der Waals surface area contributed by atoms with Gasteiger partial charge in [0.15, 0.2) is 8.32 Å². The predicted octanol–water partition coefficient (Wildman–Crippen LogP) is 3.97. The third-order valence-corrected chi connectivity index (χ3v) is 8.54. The SMILES string of the molecule is C=C[C@H]([C@@H](O)CC)[C@@H](C)O[Si](C)(C)C(C)(C)C. The molecule has 0 bridgehead atoms. The van der Waals surface area contributed by atoms with Crippen molar-refractivity contribution in [3.8, 4) is 0 Å². The van der Waals surface area contributed by atoms with Crippen LogP contribution in [-0.2, 0) is 4.43 Å². The van der Waals surface area contributed by atoms with E-state index >= 15 is 0 Å². The summed E-state index contributed by atoms with van der Waals surface area (Å²) in [7, 11) is -1.76. The zero-order valence-electron chi connectivity index (χ0n) is 12.6. The van der Waals surface area contributed by atoms with E-state index < -0.39 is 8.32 Å². The van der Waals surface area contributed by atoms with Crippen molar-refractivity contribution in [2.24, 2.45) is 5.92 Å². The van der Waals surface area contributed by atoms with Crippen LogP contribution in [-0.4, -0.2) is 25.6 Å². The minimum atomic E-state index is -1.76. The number of aliphatic hydroxyl groups excluding tert-OH is 1. The van der Waals surface area contributed by atoms with Crippen LogP contribution in [0.15, 0.2) is 12.7 Å². The van der Waals surface area contributed by atoms with Crippen LogP contribution in [0.1, 0.15) is 41.0 Å². The zero-order valence-corrected chi connectivity index (χ0v) is 13.6. The lowest BCUT2D eigenvalue weighted by Gasteiger charge is -2.40. The van der Waals surface area contributed by atoms with Crippen LogP contribution in [0.4, 0.5) is 0 Å². The largest absolute Gasteiger partial charge is 0.414 e. The van der Waals surface area contributed by atoms with Crippen LogP contribution in [0.2, 0.25) is 18.1 Å². The van der Waals surface area contributed by atoms with Gasteiger partial charge in [0.25, 0.3) is 0 Å². The Hall–Kier alpha value is -0.123. The van der Waals surface area contributed by atoms with E-state index in [2.05, 4.69) is 40.4 Å². The van der Waals surface area contributed by atoms with E-state index in [0.717, 1.165) is 6.42 Å². The highest BCUT2D eigenvalue weighted by Gasteiger charge is 2.39. The molecule has 0 heterocycles. The van der Waals surface area contributed by atoms with E-state index in [0.29, 0.717) is 0 Å². The van der Waals surface area contributed by atoms with Gasteiger partial charge in [0.1, 0.15) is 0 Å². The Bertz CT molecular complexity index is 243. The van der Waals surface area contributed by atoms with Crippen molar-refractivity contribution in [3.05, 3.63) is 12.7 Å². The molecule has 0 rings (SSSR count). The van der Waals surface area contributed by atoms with E-state index in [1.165, 1.54) is 0 Å². The van der Waals surface area contributed by atoms with Gasteiger partial charge in [0, 0.05) is 5.92 Å². The smallest absolute Gasteiger partial charge is 0.192 e. The van der Waals surface area contributed by atoms with Gasteiger partial charge < -0.3 is 9.53 Å². The molecule has 1 N–H and O–H groups in total. The van der Waals surface area contributed by atoms with Crippen molar-refractivity contribution in [2.45, 2.75) is 71.4 Å². The molecule has 0 unspecified atom stereocenters. The fraction of sp³-hybridized carbons (Fsp3) is 0.857. The summed E-state index contributed by atoms with van der Waals surface area (Å²) >= 11 is 0. The first-order chi connectivity index (χ1) is 7.56. The van der Waals surface area contributed by atoms with Crippen molar-refractivity contribution >= 4 is 8.32 Å². The summed E-state index contributed by atoms with van der Waals surface area (Å²) in [5.74, 6) is 0.0223. The minimum absolute atomic E-state index is 0.0223. The predicted molar refractivity (Wildman–Crippen MR) is 77.7 cm³/mol. The maximum absolute atomic E-state index is 9.95. The van der Waals surface area contributed by atoms with Crippen LogP contribution < -0.4 is 0 Å². The van der Waals surface area contributed by atoms with Crippen LogP contribution in [0.25, 0.3) is 0 Å². The van der Waals surface area contributed by atoms with Gasteiger partial charge in [-0.3, -0.25) is 0 Å². The standard InChI is InChI=1S/C14H30O2Si/c1-9-12(13(15)10-2)11(3)16-17(7,8)14(4,5)6/h9,11-13,15H,1,10H2,2-8H3/t11-,12+,13+/m1/s1. The first-order valence-electron chi connectivity index (χ1n) is 6.55. The van der Waals surface area contributed by atoms with Crippen molar-refractivity contribution in [1.82, 2.24) is 0 Å². The molecule has 3 atom stereocenters. The molecule has 0 saturated carbocycles. The monoisotopic (exact) mass is 258 g/mol. The maximum Gasteiger partial charge on any atom is 0.192 e. The van der Waals surface area contributed by atoms with E-state index in [4.69, 9.17) is 4.43 Å². The Morgan fingerprint density at radius 3 is 2.12 bits per heavy atom. The third kappa shape index (κ3) is 4.57. The first-order valence-corrected chi connectivity index (χ1v) is 9.46. The van der Waals surface area contributed by atoms with Gasteiger partial charge in [0.05, 0.1) is 12.2 Å². The molecule has 0 saturated heterocycles. The second kappa shape index (κ2) is 6.16. The Morgan fingerprint density at radius 1 is 1.35 bits per heavy atom. The topological polar surface area (TPSA) is 29.5 Å². The molecule has 3 heteroatoms. The molecule has 0 spiro atoms. The molecule has 0 aliphatic carbocycles. The van der Waals surface area contributed by atoms with Gasteiger partial charge in [-0.25, -0.2) is 0 Å². The van der Waals surface area contributed by atoms with E-state index in [9.17, 15) is 5.11 Å². The maximum atomic E-state index is 9.95. The highest BCUT2D eigenvalue weighted by Crippen LogP contribution is 2.38. The number of hydrogen-bond donors (Lipinski definition) is 1. The van der Waals surface area contributed by atoms with Crippen LogP contribution in [0.3, 0.4) is 0 Å². The first kappa shape index (κ1) is 16.9. The quantitative estimate of drug-likeness (QED) is 0.577. The van der Waals surface area contributed by atoms with Gasteiger partial charge in [-0.15, -0.1) is 6.58 Å². The molecule has 2 nitrogen and oxygen atoms in total. The average molecular weight is 258 g/mol. The van der Waals surface area contributed by atoms with Crippen molar-refractivity contribution in [3.63, 3.8) is 0 Å². The molecule has 102 valence electrons. The van der Waals surface area contributed by atoms with Crippen LogP contribution in [0, 0.1) is 5.92 Å². The van der Waals surface area contributed by atoms with E-state index in [1.807, 2.05) is 19.9 Å². The van der Waals surface area contributed by atoms with Crippen LogP contribution >= 0.6 is 0 Å². The van der Waals surface area contributed by atoms with Crippen LogP contribution in [0.5, 0.6) is 0 Å². The normalized spacial score (nSPS) is 18.6. The van der Waals surface area contributed by atoms with Gasteiger partial charge in [-0.1, -0.05) is 33.8 Å². The summed E-state index contributed by atoms with van der Waals surface area (Å²) in [6, 6.07) is 0. The average Bonchev–Trinajstić information content (AvgIpc) is 2.15. The highest BCUT2D eigenvalue weighted by molar-refractivity contribution is 6.74. The summed E-state index contributed by atoms with van der Waals surface area (Å²) in [4.78, 5) is 0. The number of aliphatic hydroxyl groups is 1. The fourth-order valence-electron chi connectivity index (χ4n) is 1.65. The lowest BCUT2D eigenvalue weighted by Crippen LogP contribution is -2.46. The zero-order chi connectivity index (χ0) is 13.9. The Morgan fingerprint density at radius 2 is 1.82 bits per heavy atom. The van der Waals surface area contributed by atoms with Crippen molar-refractivity contribution in [2.75, 3.05) is 0 Å². The number of rotatable bonds is 6. The van der Waals surface area contributed by atoms with Gasteiger partial charge in [-0.05, 0) is 31.5 Å². The molecule has 0 fully saturated rings. The minimum Gasteiger partial charge on any atom is -0.414 e. The summed E-state index contributed by atoms with van der Waals surface area (Å²) in [5.41, 5.74) is 0. The summed E-state index contributed by atoms with van der Waals surface area (Å²) in [6.45, 7) is 19.0. The van der Waals surface area contributed by atoms with E-state index in [-0.39, 0.29) is 23.2 Å². The van der Waals surface area contributed by atoms with Crippen molar-refractivity contribution in [1.29, 1.82) is 0 Å². The fourth-order valence-corrected chi connectivity index (χ4v) is 3.09. The number of hydrogen-bond acceptors (Lipinski definition) is 2. The van der Waals surface area contributed by atoms with Crippen molar-refractivity contribution < 1.29 is 9.53 Å². The Labute approximate surface area is 108 Å². The lowest BCUT2D eigenvalue weighted by molar-refractivity contribution is 0.0503. The molecular weight excluding hydrogens is 228 g/mol.